The molecule has 3 rings (SSSR count). The Hall–Kier alpha value is -2.15. The Bertz CT molecular complexity index is 682. The van der Waals surface area contributed by atoms with E-state index in [2.05, 4.69) is 15.7 Å². The van der Waals surface area contributed by atoms with E-state index in [1.807, 2.05) is 42.1 Å². The Labute approximate surface area is 138 Å². The summed E-state index contributed by atoms with van der Waals surface area (Å²) in [5.41, 5.74) is 1.43. The maximum absolute atomic E-state index is 12.0. The van der Waals surface area contributed by atoms with Crippen molar-refractivity contribution in [2.24, 2.45) is 0 Å². The van der Waals surface area contributed by atoms with Crippen LogP contribution in [0, 0.1) is 0 Å². The molecule has 0 aromatic carbocycles. The summed E-state index contributed by atoms with van der Waals surface area (Å²) in [6.45, 7) is 4.45. The van der Waals surface area contributed by atoms with E-state index in [9.17, 15) is 9.59 Å². The van der Waals surface area contributed by atoms with Crippen molar-refractivity contribution in [3.05, 3.63) is 39.8 Å². The molecule has 122 valence electrons. The SMILES string of the molecule is CC(C)NC(=O)c1cc2n(n1)CC(NC(=O)Cc1cccs1)C2. The van der Waals surface area contributed by atoms with Gasteiger partial charge >= 0.3 is 0 Å². The van der Waals surface area contributed by atoms with E-state index < -0.39 is 0 Å². The molecular weight excluding hydrogens is 312 g/mol. The molecule has 0 spiro atoms. The highest BCUT2D eigenvalue weighted by atomic mass is 32.1. The number of thiophene rings is 1. The molecule has 0 fully saturated rings. The molecule has 0 aliphatic carbocycles. The first-order valence-corrected chi connectivity index (χ1v) is 8.58. The summed E-state index contributed by atoms with van der Waals surface area (Å²) >= 11 is 1.59. The second-order valence-corrected chi connectivity index (χ2v) is 7.09. The highest BCUT2D eigenvalue weighted by Gasteiger charge is 2.26. The van der Waals surface area contributed by atoms with Crippen LogP contribution in [0.2, 0.25) is 0 Å². The first-order valence-electron chi connectivity index (χ1n) is 7.70. The van der Waals surface area contributed by atoms with E-state index in [0.717, 1.165) is 10.6 Å². The van der Waals surface area contributed by atoms with E-state index >= 15 is 0 Å². The summed E-state index contributed by atoms with van der Waals surface area (Å²) in [5, 5.41) is 12.2. The minimum absolute atomic E-state index is 0.0287. The Kier molecular flexibility index (Phi) is 4.47. The quantitative estimate of drug-likeness (QED) is 0.868. The molecule has 1 aliphatic heterocycles. The lowest BCUT2D eigenvalue weighted by Gasteiger charge is -2.11. The van der Waals surface area contributed by atoms with Crippen molar-refractivity contribution in [3.63, 3.8) is 0 Å². The van der Waals surface area contributed by atoms with Gasteiger partial charge < -0.3 is 10.6 Å². The molecule has 6 nitrogen and oxygen atoms in total. The van der Waals surface area contributed by atoms with Crippen LogP contribution in [-0.2, 0) is 24.2 Å². The van der Waals surface area contributed by atoms with Crippen molar-refractivity contribution >= 4 is 23.2 Å². The highest BCUT2D eigenvalue weighted by Crippen LogP contribution is 2.17. The minimum atomic E-state index is -0.153. The standard InChI is InChI=1S/C16H20N4O2S/c1-10(2)17-16(22)14-7-12-6-11(9-20(12)19-14)18-15(21)8-13-4-3-5-23-13/h3-5,7,10-11H,6,8-9H2,1-2H3,(H,17,22)(H,18,21). The molecule has 2 aromatic rings. The lowest BCUT2D eigenvalue weighted by Crippen LogP contribution is -2.37. The van der Waals surface area contributed by atoms with Crippen LogP contribution >= 0.6 is 11.3 Å². The molecule has 0 bridgehead atoms. The van der Waals surface area contributed by atoms with Gasteiger partial charge in [0.1, 0.15) is 5.69 Å². The maximum Gasteiger partial charge on any atom is 0.271 e. The Morgan fingerprint density at radius 2 is 2.30 bits per heavy atom. The van der Waals surface area contributed by atoms with E-state index in [1.165, 1.54) is 0 Å². The zero-order valence-electron chi connectivity index (χ0n) is 13.2. The first-order chi connectivity index (χ1) is 11.0. The molecule has 2 aromatic heterocycles. The molecule has 2 N–H and O–H groups in total. The summed E-state index contributed by atoms with van der Waals surface area (Å²) in [5.74, 6) is -0.124. The van der Waals surface area contributed by atoms with Gasteiger partial charge in [0.15, 0.2) is 0 Å². The minimum Gasteiger partial charge on any atom is -0.351 e. The van der Waals surface area contributed by atoms with Crippen LogP contribution in [0.25, 0.3) is 0 Å². The van der Waals surface area contributed by atoms with Crippen LogP contribution in [0.15, 0.2) is 23.6 Å². The van der Waals surface area contributed by atoms with E-state index in [4.69, 9.17) is 0 Å². The number of aromatic nitrogens is 2. The average Bonchev–Trinajstić information content (AvgIpc) is 3.13. The zero-order chi connectivity index (χ0) is 16.4. The number of hydrogen-bond acceptors (Lipinski definition) is 4. The number of carbonyl (C=O) groups is 2. The number of carbonyl (C=O) groups excluding carboxylic acids is 2. The van der Waals surface area contributed by atoms with Gasteiger partial charge in [-0.3, -0.25) is 14.3 Å². The van der Waals surface area contributed by atoms with Crippen molar-refractivity contribution in [2.75, 3.05) is 0 Å². The average molecular weight is 332 g/mol. The number of nitrogens with one attached hydrogen (secondary N) is 2. The predicted octanol–water partition coefficient (Wildman–Crippen LogP) is 1.37. The molecule has 23 heavy (non-hydrogen) atoms. The number of hydrogen-bond donors (Lipinski definition) is 2. The van der Waals surface area contributed by atoms with Gasteiger partial charge in [0.25, 0.3) is 5.91 Å². The third kappa shape index (κ3) is 3.79. The summed E-state index contributed by atoms with van der Waals surface area (Å²) in [4.78, 5) is 25.0. The van der Waals surface area contributed by atoms with Crippen LogP contribution in [0.1, 0.15) is 34.9 Å². The Morgan fingerprint density at radius 1 is 1.48 bits per heavy atom. The molecule has 3 heterocycles. The molecule has 0 radical (unpaired) electrons. The van der Waals surface area contributed by atoms with Crippen molar-refractivity contribution in [2.45, 2.75) is 45.3 Å². The summed E-state index contributed by atoms with van der Waals surface area (Å²) in [6, 6.07) is 5.85. The van der Waals surface area contributed by atoms with Gasteiger partial charge in [0, 0.05) is 23.0 Å². The third-order valence-corrected chi connectivity index (χ3v) is 4.52. The molecule has 1 unspecified atom stereocenters. The zero-order valence-corrected chi connectivity index (χ0v) is 14.0. The van der Waals surface area contributed by atoms with Crippen LogP contribution in [0.4, 0.5) is 0 Å². The summed E-state index contributed by atoms with van der Waals surface area (Å²) < 4.78 is 1.81. The fraction of sp³-hybridized carbons (Fsp3) is 0.438. The summed E-state index contributed by atoms with van der Waals surface area (Å²) in [6.07, 6.45) is 1.12. The predicted molar refractivity (Wildman–Crippen MR) is 88.5 cm³/mol. The van der Waals surface area contributed by atoms with Gasteiger partial charge in [-0.1, -0.05) is 6.07 Å². The highest BCUT2D eigenvalue weighted by molar-refractivity contribution is 7.10. The van der Waals surface area contributed by atoms with Gasteiger partial charge in [-0.15, -0.1) is 11.3 Å². The first kappa shape index (κ1) is 15.7. The molecule has 7 heteroatoms. The number of rotatable bonds is 5. The maximum atomic E-state index is 12.0. The summed E-state index contributed by atoms with van der Waals surface area (Å²) in [7, 11) is 0. The van der Waals surface area contributed by atoms with Gasteiger partial charge in [-0.25, -0.2) is 0 Å². The number of nitrogens with zero attached hydrogens (tertiary/aromatic N) is 2. The Balaban J connectivity index is 1.55. The van der Waals surface area contributed by atoms with Crippen molar-refractivity contribution in [3.8, 4) is 0 Å². The number of fused-ring (bicyclic) bond motifs is 1. The van der Waals surface area contributed by atoms with E-state index in [0.29, 0.717) is 25.1 Å². The second-order valence-electron chi connectivity index (χ2n) is 6.06. The largest absolute Gasteiger partial charge is 0.351 e. The molecule has 0 saturated heterocycles. The van der Waals surface area contributed by atoms with E-state index in [1.54, 1.807) is 11.3 Å². The van der Waals surface area contributed by atoms with Crippen molar-refractivity contribution < 1.29 is 9.59 Å². The van der Waals surface area contributed by atoms with Gasteiger partial charge in [0.05, 0.1) is 19.0 Å². The molecule has 1 aliphatic rings. The lowest BCUT2D eigenvalue weighted by atomic mass is 10.2. The van der Waals surface area contributed by atoms with Crippen molar-refractivity contribution in [1.29, 1.82) is 0 Å². The van der Waals surface area contributed by atoms with Crippen molar-refractivity contribution in [1.82, 2.24) is 20.4 Å². The Morgan fingerprint density at radius 3 is 2.96 bits per heavy atom. The fourth-order valence-electron chi connectivity index (χ4n) is 2.70. The fourth-order valence-corrected chi connectivity index (χ4v) is 3.40. The van der Waals surface area contributed by atoms with Crippen LogP contribution in [0.5, 0.6) is 0 Å². The normalized spacial score (nSPS) is 16.4. The molecule has 0 saturated carbocycles. The molecule has 2 amide bonds. The van der Waals surface area contributed by atoms with E-state index in [-0.39, 0.29) is 23.9 Å². The number of amides is 2. The molecule has 1 atom stereocenters. The second kappa shape index (κ2) is 6.54. The lowest BCUT2D eigenvalue weighted by molar-refractivity contribution is -0.121. The van der Waals surface area contributed by atoms with Gasteiger partial charge in [-0.05, 0) is 31.4 Å². The van der Waals surface area contributed by atoms with Gasteiger partial charge in [-0.2, -0.15) is 5.10 Å². The monoisotopic (exact) mass is 332 g/mol. The van der Waals surface area contributed by atoms with Crippen LogP contribution in [-0.4, -0.2) is 33.7 Å². The smallest absolute Gasteiger partial charge is 0.271 e. The van der Waals surface area contributed by atoms with Gasteiger partial charge in [0.2, 0.25) is 5.91 Å². The third-order valence-electron chi connectivity index (χ3n) is 3.64. The van der Waals surface area contributed by atoms with Crippen LogP contribution < -0.4 is 10.6 Å². The topological polar surface area (TPSA) is 76.0 Å². The molecular formula is C16H20N4O2S. The van der Waals surface area contributed by atoms with Crippen LogP contribution in [0.3, 0.4) is 0 Å².